The van der Waals surface area contributed by atoms with E-state index in [2.05, 4.69) is 34.5 Å². The molecule has 0 aliphatic heterocycles. The fourth-order valence-electron chi connectivity index (χ4n) is 2.09. The van der Waals surface area contributed by atoms with E-state index in [1.165, 1.54) is 11.3 Å². The molecule has 0 atom stereocenters. The maximum atomic E-state index is 6.16. The lowest BCUT2D eigenvalue weighted by Crippen LogP contribution is -2.17. The molecule has 1 N–H and O–H groups in total. The van der Waals surface area contributed by atoms with Gasteiger partial charge >= 0.3 is 0 Å². The van der Waals surface area contributed by atoms with Crippen molar-refractivity contribution < 1.29 is 0 Å². The fourth-order valence-corrected chi connectivity index (χ4v) is 2.60. The van der Waals surface area contributed by atoms with Gasteiger partial charge in [-0.2, -0.15) is 0 Å². The van der Waals surface area contributed by atoms with Gasteiger partial charge in [0.2, 0.25) is 0 Å². The quantitative estimate of drug-likeness (QED) is 0.793. The van der Waals surface area contributed by atoms with E-state index in [1.54, 1.807) is 6.07 Å². The highest BCUT2D eigenvalue weighted by Crippen LogP contribution is 2.21. The van der Waals surface area contributed by atoms with Crippen LogP contribution in [0.25, 0.3) is 0 Å². The lowest BCUT2D eigenvalue weighted by atomic mass is 10.1. The van der Waals surface area contributed by atoms with Crippen LogP contribution < -0.4 is 10.2 Å². The lowest BCUT2D eigenvalue weighted by Gasteiger charge is -2.13. The molecule has 0 radical (unpaired) electrons. The maximum Gasteiger partial charge on any atom is 0.0453 e. The third-order valence-electron chi connectivity index (χ3n) is 3.37. The summed E-state index contributed by atoms with van der Waals surface area (Å²) in [6.45, 7) is 1.75. The Morgan fingerprint density at radius 1 is 1.00 bits per heavy atom. The number of halogens is 2. The smallest absolute Gasteiger partial charge is 0.0453 e. The molecule has 112 valence electrons. The fraction of sp³-hybridized carbons (Fsp3) is 0.294. The average molecular weight is 323 g/mol. The zero-order valence-electron chi connectivity index (χ0n) is 12.4. The highest BCUT2D eigenvalue weighted by atomic mass is 35.5. The summed E-state index contributed by atoms with van der Waals surface area (Å²) in [5.41, 5.74) is 3.62. The van der Waals surface area contributed by atoms with Crippen molar-refractivity contribution in [3.63, 3.8) is 0 Å². The van der Waals surface area contributed by atoms with E-state index < -0.39 is 0 Å². The van der Waals surface area contributed by atoms with Crippen LogP contribution in [0.5, 0.6) is 0 Å². The van der Waals surface area contributed by atoms with Crippen LogP contribution in [0.15, 0.2) is 42.5 Å². The van der Waals surface area contributed by atoms with Gasteiger partial charge in [0.1, 0.15) is 0 Å². The summed E-state index contributed by atoms with van der Waals surface area (Å²) < 4.78 is 0. The number of rotatable bonds is 6. The molecule has 0 saturated heterocycles. The molecular formula is C17H20Cl2N2. The van der Waals surface area contributed by atoms with Gasteiger partial charge in [-0.05, 0) is 48.4 Å². The predicted molar refractivity (Wildman–Crippen MR) is 92.6 cm³/mol. The van der Waals surface area contributed by atoms with E-state index in [0.29, 0.717) is 5.02 Å². The Morgan fingerprint density at radius 3 is 2.33 bits per heavy atom. The van der Waals surface area contributed by atoms with Crippen molar-refractivity contribution in [2.75, 3.05) is 25.5 Å². The maximum absolute atomic E-state index is 6.16. The van der Waals surface area contributed by atoms with E-state index in [4.69, 9.17) is 23.2 Å². The summed E-state index contributed by atoms with van der Waals surface area (Å²) >= 11 is 12.0. The molecule has 0 heterocycles. The standard InChI is InChI=1S/C17H20Cl2N2/c1-21(2)16-7-3-13(4-8-16)12-20-10-9-14-5-6-15(18)11-17(14)19/h3-8,11,20H,9-10,12H2,1-2H3. The molecule has 2 aromatic carbocycles. The van der Waals surface area contributed by atoms with Gasteiger partial charge < -0.3 is 10.2 Å². The molecule has 2 aromatic rings. The molecule has 0 amide bonds. The number of nitrogens with one attached hydrogen (secondary N) is 1. The molecule has 0 aromatic heterocycles. The number of hydrogen-bond acceptors (Lipinski definition) is 2. The van der Waals surface area contributed by atoms with Crippen LogP contribution in [0.3, 0.4) is 0 Å². The molecule has 0 aliphatic rings. The van der Waals surface area contributed by atoms with Crippen LogP contribution in [0, 0.1) is 0 Å². The summed E-state index contributed by atoms with van der Waals surface area (Å²) in [6, 6.07) is 14.2. The van der Waals surface area contributed by atoms with Crippen LogP contribution in [-0.2, 0) is 13.0 Å². The Labute approximate surface area is 136 Å². The first-order chi connectivity index (χ1) is 10.1. The number of nitrogens with zero attached hydrogens (tertiary/aromatic N) is 1. The number of benzene rings is 2. The molecule has 21 heavy (non-hydrogen) atoms. The molecule has 0 saturated carbocycles. The first kappa shape index (κ1) is 16.2. The topological polar surface area (TPSA) is 15.3 Å². The second-order valence-corrected chi connectivity index (χ2v) is 6.07. The van der Waals surface area contributed by atoms with E-state index in [-0.39, 0.29) is 0 Å². The van der Waals surface area contributed by atoms with Gasteiger partial charge in [0.05, 0.1) is 0 Å². The van der Waals surface area contributed by atoms with Crippen LogP contribution >= 0.6 is 23.2 Å². The van der Waals surface area contributed by atoms with E-state index in [1.807, 2.05) is 26.2 Å². The van der Waals surface area contributed by atoms with Gasteiger partial charge in [-0.25, -0.2) is 0 Å². The van der Waals surface area contributed by atoms with Crippen molar-refractivity contribution >= 4 is 28.9 Å². The van der Waals surface area contributed by atoms with E-state index >= 15 is 0 Å². The molecule has 0 aliphatic carbocycles. The number of anilines is 1. The minimum Gasteiger partial charge on any atom is -0.378 e. The molecule has 4 heteroatoms. The van der Waals surface area contributed by atoms with Gasteiger partial charge in [-0.1, -0.05) is 41.4 Å². The second kappa shape index (κ2) is 7.69. The summed E-state index contributed by atoms with van der Waals surface area (Å²) in [5, 5.41) is 4.85. The monoisotopic (exact) mass is 322 g/mol. The zero-order valence-corrected chi connectivity index (χ0v) is 13.9. The zero-order chi connectivity index (χ0) is 15.2. The summed E-state index contributed by atoms with van der Waals surface area (Å²) in [5.74, 6) is 0. The van der Waals surface area contributed by atoms with Gasteiger partial charge in [-0.3, -0.25) is 0 Å². The van der Waals surface area contributed by atoms with Crippen molar-refractivity contribution in [2.24, 2.45) is 0 Å². The first-order valence-corrected chi connectivity index (χ1v) is 7.73. The van der Waals surface area contributed by atoms with Crippen LogP contribution in [0.1, 0.15) is 11.1 Å². The lowest BCUT2D eigenvalue weighted by molar-refractivity contribution is 0.687. The molecule has 2 rings (SSSR count). The van der Waals surface area contributed by atoms with Gasteiger partial charge in [0.15, 0.2) is 0 Å². The normalized spacial score (nSPS) is 10.7. The largest absolute Gasteiger partial charge is 0.378 e. The van der Waals surface area contributed by atoms with Gasteiger partial charge in [0.25, 0.3) is 0 Å². The highest BCUT2D eigenvalue weighted by Gasteiger charge is 2.01. The third kappa shape index (κ3) is 4.92. The first-order valence-electron chi connectivity index (χ1n) is 6.97. The van der Waals surface area contributed by atoms with Gasteiger partial charge in [-0.15, -0.1) is 0 Å². The third-order valence-corrected chi connectivity index (χ3v) is 3.96. The van der Waals surface area contributed by atoms with Crippen molar-refractivity contribution in [3.8, 4) is 0 Å². The number of hydrogen-bond donors (Lipinski definition) is 1. The minimum atomic E-state index is 0.678. The summed E-state index contributed by atoms with van der Waals surface area (Å²) in [7, 11) is 4.09. The van der Waals surface area contributed by atoms with Crippen molar-refractivity contribution in [1.29, 1.82) is 0 Å². The molecule has 0 unspecified atom stereocenters. The SMILES string of the molecule is CN(C)c1ccc(CNCCc2ccc(Cl)cc2Cl)cc1. The van der Waals surface area contributed by atoms with E-state index in [9.17, 15) is 0 Å². The van der Waals surface area contributed by atoms with E-state index in [0.717, 1.165) is 30.1 Å². The molecule has 2 nitrogen and oxygen atoms in total. The van der Waals surface area contributed by atoms with Crippen LogP contribution in [0.2, 0.25) is 10.0 Å². The average Bonchev–Trinajstić information content (AvgIpc) is 2.46. The van der Waals surface area contributed by atoms with Crippen molar-refractivity contribution in [1.82, 2.24) is 5.32 Å². The molecule has 0 fully saturated rings. The van der Waals surface area contributed by atoms with Crippen LogP contribution in [-0.4, -0.2) is 20.6 Å². The van der Waals surface area contributed by atoms with Crippen molar-refractivity contribution in [3.05, 3.63) is 63.6 Å². The second-order valence-electron chi connectivity index (χ2n) is 5.22. The minimum absolute atomic E-state index is 0.678. The highest BCUT2D eigenvalue weighted by molar-refractivity contribution is 6.35. The predicted octanol–water partition coefficient (Wildman–Crippen LogP) is 4.39. The Kier molecular flexibility index (Phi) is 5.92. The Hall–Kier alpha value is -1.22. The van der Waals surface area contributed by atoms with Crippen LogP contribution in [0.4, 0.5) is 5.69 Å². The molecular weight excluding hydrogens is 303 g/mol. The molecule has 0 spiro atoms. The molecule has 0 bridgehead atoms. The Balaban J connectivity index is 1.79. The Morgan fingerprint density at radius 2 is 1.71 bits per heavy atom. The summed E-state index contributed by atoms with van der Waals surface area (Å²) in [4.78, 5) is 2.10. The van der Waals surface area contributed by atoms with Crippen molar-refractivity contribution in [2.45, 2.75) is 13.0 Å². The Bertz CT molecular complexity index is 580. The summed E-state index contributed by atoms with van der Waals surface area (Å²) in [6.07, 6.45) is 0.895. The van der Waals surface area contributed by atoms with Gasteiger partial charge in [0, 0.05) is 36.4 Å².